The number of likely N-dealkylation sites (tertiary alicyclic amines) is 1. The van der Waals surface area contributed by atoms with E-state index in [0.29, 0.717) is 37.5 Å². The van der Waals surface area contributed by atoms with Crippen molar-refractivity contribution in [2.45, 2.75) is 60.4 Å². The number of hydrogen-bond acceptors (Lipinski definition) is 7. The molecule has 9 nitrogen and oxygen atoms in total. The van der Waals surface area contributed by atoms with Gasteiger partial charge in [0.15, 0.2) is 6.61 Å². The van der Waals surface area contributed by atoms with Gasteiger partial charge >= 0.3 is 12.1 Å². The van der Waals surface area contributed by atoms with Crippen LogP contribution in [0.3, 0.4) is 0 Å². The minimum absolute atomic E-state index is 0.0985. The van der Waals surface area contributed by atoms with E-state index in [2.05, 4.69) is 10.6 Å². The van der Waals surface area contributed by atoms with Gasteiger partial charge in [-0.05, 0) is 39.2 Å². The standard InChI is InChI=1S/C22H33N3O6S/c1-7-30-21(29)25-10-8-15(9-11-25)23-16(26)12-31-19(27)17-13(2)14(3)32-18(17)24-20(28)22(4,5)6/h15H,7-12H2,1-6H3,(H,23,26)(H,24,28). The highest BCUT2D eigenvalue weighted by molar-refractivity contribution is 7.16. The van der Waals surface area contributed by atoms with Crippen molar-refractivity contribution >= 4 is 40.2 Å². The number of aryl methyl sites for hydroxylation is 1. The van der Waals surface area contributed by atoms with Crippen LogP contribution in [0.1, 0.15) is 61.3 Å². The average molecular weight is 468 g/mol. The third-order valence-electron chi connectivity index (χ3n) is 5.22. The number of thiophene rings is 1. The van der Waals surface area contributed by atoms with Crippen molar-refractivity contribution in [1.82, 2.24) is 10.2 Å². The molecule has 2 N–H and O–H groups in total. The van der Waals surface area contributed by atoms with E-state index in [1.807, 2.05) is 6.92 Å². The first-order chi connectivity index (χ1) is 14.9. The molecule has 0 saturated carbocycles. The van der Waals surface area contributed by atoms with Gasteiger partial charge < -0.3 is 25.0 Å². The van der Waals surface area contributed by atoms with E-state index in [1.165, 1.54) is 11.3 Å². The fourth-order valence-corrected chi connectivity index (χ4v) is 4.19. The summed E-state index contributed by atoms with van der Waals surface area (Å²) in [4.78, 5) is 51.6. The Kier molecular flexibility index (Phi) is 8.65. The Hall–Kier alpha value is -2.62. The Morgan fingerprint density at radius 2 is 1.72 bits per heavy atom. The van der Waals surface area contributed by atoms with Gasteiger partial charge in [-0.1, -0.05) is 20.8 Å². The molecule has 2 rings (SSSR count). The quantitative estimate of drug-likeness (QED) is 0.621. The van der Waals surface area contributed by atoms with E-state index in [9.17, 15) is 19.2 Å². The number of rotatable bonds is 6. The van der Waals surface area contributed by atoms with Gasteiger partial charge in [0.1, 0.15) is 5.00 Å². The van der Waals surface area contributed by atoms with Crippen LogP contribution in [0.4, 0.5) is 9.80 Å². The van der Waals surface area contributed by atoms with Crippen LogP contribution in [0.25, 0.3) is 0 Å². The molecule has 0 unspecified atom stereocenters. The summed E-state index contributed by atoms with van der Waals surface area (Å²) in [5, 5.41) is 6.07. The maximum atomic E-state index is 12.7. The van der Waals surface area contributed by atoms with Gasteiger partial charge in [0, 0.05) is 29.4 Å². The normalized spacial score (nSPS) is 14.6. The van der Waals surface area contributed by atoms with Crippen LogP contribution in [0, 0.1) is 19.3 Å². The number of nitrogens with one attached hydrogen (secondary N) is 2. The molecule has 0 spiro atoms. The highest BCUT2D eigenvalue weighted by Crippen LogP contribution is 2.34. The van der Waals surface area contributed by atoms with Gasteiger partial charge in [-0.2, -0.15) is 0 Å². The van der Waals surface area contributed by atoms with Crippen LogP contribution >= 0.6 is 11.3 Å². The van der Waals surface area contributed by atoms with Crippen LogP contribution in [0.5, 0.6) is 0 Å². The molecule has 1 aliphatic heterocycles. The molecule has 1 saturated heterocycles. The van der Waals surface area contributed by atoms with E-state index in [1.54, 1.807) is 39.5 Å². The summed E-state index contributed by atoms with van der Waals surface area (Å²) in [6.07, 6.45) is 0.858. The maximum absolute atomic E-state index is 12.7. The molecular formula is C22H33N3O6S. The van der Waals surface area contributed by atoms with E-state index in [-0.39, 0.29) is 23.6 Å². The van der Waals surface area contributed by atoms with E-state index in [0.717, 1.165) is 10.4 Å². The van der Waals surface area contributed by atoms with Crippen molar-refractivity contribution in [2.75, 3.05) is 31.6 Å². The van der Waals surface area contributed by atoms with Gasteiger partial charge in [0.05, 0.1) is 12.2 Å². The van der Waals surface area contributed by atoms with Crippen LogP contribution in [0.2, 0.25) is 0 Å². The van der Waals surface area contributed by atoms with Crippen molar-refractivity contribution in [2.24, 2.45) is 5.41 Å². The van der Waals surface area contributed by atoms with Gasteiger partial charge in [0.25, 0.3) is 5.91 Å². The Balaban J connectivity index is 1.90. The number of esters is 1. The first-order valence-electron chi connectivity index (χ1n) is 10.7. The van der Waals surface area contributed by atoms with E-state index < -0.39 is 23.9 Å². The topological polar surface area (TPSA) is 114 Å². The number of piperidine rings is 1. The smallest absolute Gasteiger partial charge is 0.409 e. The SMILES string of the molecule is CCOC(=O)N1CCC(NC(=O)COC(=O)c2c(NC(=O)C(C)(C)C)sc(C)c2C)CC1. The fraction of sp³-hybridized carbons (Fsp3) is 0.636. The van der Waals surface area contributed by atoms with Crippen LogP contribution in [-0.4, -0.2) is 61.1 Å². The molecule has 1 aromatic rings. The molecule has 0 atom stereocenters. The van der Waals surface area contributed by atoms with Crippen molar-refractivity contribution < 1.29 is 28.7 Å². The molecule has 1 aliphatic rings. The van der Waals surface area contributed by atoms with Crippen molar-refractivity contribution in [3.63, 3.8) is 0 Å². The number of carbonyl (C=O) groups is 4. The summed E-state index contributed by atoms with van der Waals surface area (Å²) in [5.74, 6) is -1.26. The number of amides is 3. The monoisotopic (exact) mass is 467 g/mol. The summed E-state index contributed by atoms with van der Waals surface area (Å²) in [7, 11) is 0. The highest BCUT2D eigenvalue weighted by atomic mass is 32.1. The van der Waals surface area contributed by atoms with Crippen molar-refractivity contribution in [3.8, 4) is 0 Å². The number of anilines is 1. The summed E-state index contributed by atoms with van der Waals surface area (Å²) < 4.78 is 10.2. The second-order valence-electron chi connectivity index (χ2n) is 8.80. The number of hydrogen-bond donors (Lipinski definition) is 2. The second-order valence-corrected chi connectivity index (χ2v) is 10.0. The lowest BCUT2D eigenvalue weighted by Crippen LogP contribution is -2.47. The Morgan fingerprint density at radius 3 is 2.28 bits per heavy atom. The molecule has 0 bridgehead atoms. The van der Waals surface area contributed by atoms with Crippen molar-refractivity contribution in [3.05, 3.63) is 16.0 Å². The average Bonchev–Trinajstić information content (AvgIpc) is 2.99. The Labute approximate surface area is 192 Å². The second kappa shape index (κ2) is 10.8. The highest BCUT2D eigenvalue weighted by Gasteiger charge is 2.28. The zero-order chi connectivity index (χ0) is 24.1. The molecule has 32 heavy (non-hydrogen) atoms. The summed E-state index contributed by atoms with van der Waals surface area (Å²) in [6.45, 7) is 11.7. The van der Waals surface area contributed by atoms with Gasteiger partial charge in [-0.3, -0.25) is 9.59 Å². The number of carbonyl (C=O) groups excluding carboxylic acids is 4. The summed E-state index contributed by atoms with van der Waals surface area (Å²) in [6, 6.07) is -0.0985. The largest absolute Gasteiger partial charge is 0.452 e. The molecule has 10 heteroatoms. The molecule has 0 radical (unpaired) electrons. The molecule has 3 amide bonds. The Morgan fingerprint density at radius 1 is 1.09 bits per heavy atom. The first-order valence-corrected chi connectivity index (χ1v) is 11.5. The van der Waals surface area contributed by atoms with Crippen LogP contribution in [0.15, 0.2) is 0 Å². The predicted molar refractivity (Wildman–Crippen MR) is 122 cm³/mol. The van der Waals surface area contributed by atoms with E-state index in [4.69, 9.17) is 9.47 Å². The zero-order valence-electron chi connectivity index (χ0n) is 19.6. The van der Waals surface area contributed by atoms with Gasteiger partial charge in [0.2, 0.25) is 5.91 Å². The van der Waals surface area contributed by atoms with Gasteiger partial charge in [-0.25, -0.2) is 9.59 Å². The third kappa shape index (κ3) is 6.69. The first kappa shape index (κ1) is 25.6. The Bertz CT molecular complexity index is 866. The summed E-state index contributed by atoms with van der Waals surface area (Å²) in [5.41, 5.74) is 0.381. The molecule has 1 aromatic heterocycles. The number of nitrogens with zero attached hydrogens (tertiary/aromatic N) is 1. The fourth-order valence-electron chi connectivity index (χ4n) is 3.15. The zero-order valence-corrected chi connectivity index (χ0v) is 20.4. The van der Waals surface area contributed by atoms with Crippen LogP contribution in [-0.2, 0) is 19.1 Å². The van der Waals surface area contributed by atoms with E-state index >= 15 is 0 Å². The van der Waals surface area contributed by atoms with Crippen LogP contribution < -0.4 is 10.6 Å². The lowest BCUT2D eigenvalue weighted by Gasteiger charge is -2.31. The third-order valence-corrected chi connectivity index (χ3v) is 6.34. The van der Waals surface area contributed by atoms with Crippen molar-refractivity contribution in [1.29, 1.82) is 0 Å². The lowest BCUT2D eigenvalue weighted by molar-refractivity contribution is -0.125. The predicted octanol–water partition coefficient (Wildman–Crippen LogP) is 3.24. The minimum Gasteiger partial charge on any atom is -0.452 e. The molecule has 0 aliphatic carbocycles. The molecule has 1 fully saturated rings. The lowest BCUT2D eigenvalue weighted by atomic mass is 9.96. The molecular weight excluding hydrogens is 434 g/mol. The minimum atomic E-state index is -0.650. The maximum Gasteiger partial charge on any atom is 0.409 e. The molecule has 0 aromatic carbocycles. The molecule has 2 heterocycles. The molecule has 178 valence electrons. The van der Waals surface area contributed by atoms with Gasteiger partial charge in [-0.15, -0.1) is 11.3 Å². The summed E-state index contributed by atoms with van der Waals surface area (Å²) >= 11 is 1.31. The number of ether oxygens (including phenoxy) is 2.